The van der Waals surface area contributed by atoms with E-state index in [1.165, 1.54) is 24.9 Å². The van der Waals surface area contributed by atoms with Crippen LogP contribution in [0.3, 0.4) is 0 Å². The Morgan fingerprint density at radius 1 is 1.39 bits per heavy atom. The molecule has 1 aliphatic heterocycles. The van der Waals surface area contributed by atoms with Gasteiger partial charge in [-0.15, -0.1) is 0 Å². The van der Waals surface area contributed by atoms with E-state index >= 15 is 0 Å². The molecule has 1 aliphatic rings. The van der Waals surface area contributed by atoms with Gasteiger partial charge in [-0.25, -0.2) is 0 Å². The first-order valence-electron chi connectivity index (χ1n) is 6.77. The molecule has 100 valence electrons. The van der Waals surface area contributed by atoms with Crippen LogP contribution in [-0.2, 0) is 0 Å². The van der Waals surface area contributed by atoms with Crippen LogP contribution in [0.2, 0.25) is 0 Å². The van der Waals surface area contributed by atoms with Gasteiger partial charge in [-0.3, -0.25) is 4.90 Å². The minimum Gasteiger partial charge on any atom is -0.508 e. The molecule has 0 aromatic heterocycles. The van der Waals surface area contributed by atoms with Crippen molar-refractivity contribution < 1.29 is 5.11 Å². The van der Waals surface area contributed by atoms with E-state index in [1.807, 2.05) is 12.1 Å². The van der Waals surface area contributed by atoms with Gasteiger partial charge in [0.15, 0.2) is 0 Å². The maximum Gasteiger partial charge on any atom is 0.115 e. The molecular formula is C15H24N2O. The Kier molecular flexibility index (Phi) is 4.25. The molecule has 2 unspecified atom stereocenters. The third-order valence-corrected chi connectivity index (χ3v) is 4.21. The van der Waals surface area contributed by atoms with Crippen LogP contribution in [0.15, 0.2) is 24.3 Å². The summed E-state index contributed by atoms with van der Waals surface area (Å²) in [5.41, 5.74) is 1.26. The molecule has 0 saturated carbocycles. The first-order chi connectivity index (χ1) is 8.58. The third kappa shape index (κ3) is 3.03. The fraction of sp³-hybridized carbons (Fsp3) is 0.600. The number of likely N-dealkylation sites (tertiary alicyclic amines) is 1. The number of nitrogens with zero attached hydrogens (tertiary/aromatic N) is 2. The van der Waals surface area contributed by atoms with E-state index in [0.717, 1.165) is 6.54 Å². The van der Waals surface area contributed by atoms with Crippen molar-refractivity contribution in [1.29, 1.82) is 0 Å². The molecule has 1 N–H and O–H groups in total. The summed E-state index contributed by atoms with van der Waals surface area (Å²) >= 11 is 0. The van der Waals surface area contributed by atoms with Gasteiger partial charge in [-0.2, -0.15) is 0 Å². The molecule has 3 nitrogen and oxygen atoms in total. The number of aromatic hydroxyl groups is 1. The summed E-state index contributed by atoms with van der Waals surface area (Å²) in [7, 11) is 4.40. The second-order valence-electron chi connectivity index (χ2n) is 5.48. The fourth-order valence-corrected chi connectivity index (χ4v) is 2.71. The van der Waals surface area contributed by atoms with Crippen molar-refractivity contribution in [1.82, 2.24) is 9.80 Å². The normalized spacial score (nSPS) is 22.6. The predicted octanol–water partition coefficient (Wildman–Crippen LogP) is 2.48. The molecule has 1 heterocycles. The van der Waals surface area contributed by atoms with Crippen LogP contribution >= 0.6 is 0 Å². The highest BCUT2D eigenvalue weighted by Crippen LogP contribution is 2.23. The van der Waals surface area contributed by atoms with Crippen LogP contribution in [0, 0.1) is 0 Å². The van der Waals surface area contributed by atoms with Crippen LogP contribution in [-0.4, -0.2) is 48.1 Å². The molecule has 1 aromatic carbocycles. The maximum absolute atomic E-state index is 9.32. The first-order valence-corrected chi connectivity index (χ1v) is 6.77. The van der Waals surface area contributed by atoms with Gasteiger partial charge in [0, 0.05) is 18.6 Å². The molecule has 1 fully saturated rings. The summed E-state index contributed by atoms with van der Waals surface area (Å²) in [6.45, 7) is 4.56. The molecule has 0 spiro atoms. The van der Waals surface area contributed by atoms with Crippen molar-refractivity contribution in [2.24, 2.45) is 0 Å². The Labute approximate surface area is 110 Å². The highest BCUT2D eigenvalue weighted by atomic mass is 16.3. The van der Waals surface area contributed by atoms with E-state index < -0.39 is 0 Å². The van der Waals surface area contributed by atoms with Crippen LogP contribution in [0.1, 0.15) is 31.4 Å². The van der Waals surface area contributed by atoms with Gasteiger partial charge in [0.25, 0.3) is 0 Å². The van der Waals surface area contributed by atoms with Crippen LogP contribution in [0.4, 0.5) is 0 Å². The fourth-order valence-electron chi connectivity index (χ4n) is 2.71. The van der Waals surface area contributed by atoms with Crippen LogP contribution < -0.4 is 0 Å². The first kappa shape index (κ1) is 13.4. The number of phenolic OH excluding ortho intramolecular Hbond substituents is 1. The predicted molar refractivity (Wildman–Crippen MR) is 74.8 cm³/mol. The minimum atomic E-state index is 0.337. The Morgan fingerprint density at radius 2 is 2.06 bits per heavy atom. The summed E-state index contributed by atoms with van der Waals surface area (Å²) in [4.78, 5) is 4.86. The van der Waals surface area contributed by atoms with Crippen molar-refractivity contribution in [2.75, 3.05) is 27.2 Å². The Morgan fingerprint density at radius 3 is 2.61 bits per heavy atom. The number of hydrogen-bond donors (Lipinski definition) is 1. The van der Waals surface area contributed by atoms with Crippen LogP contribution in [0.5, 0.6) is 5.75 Å². The van der Waals surface area contributed by atoms with E-state index in [0.29, 0.717) is 17.8 Å². The van der Waals surface area contributed by atoms with Crippen molar-refractivity contribution in [3.8, 4) is 5.75 Å². The third-order valence-electron chi connectivity index (χ3n) is 4.21. The van der Waals surface area contributed by atoms with Crippen LogP contribution in [0.25, 0.3) is 0 Å². The number of phenols is 1. The number of rotatable bonds is 4. The molecule has 0 bridgehead atoms. The molecule has 0 amide bonds. The maximum atomic E-state index is 9.32. The van der Waals surface area contributed by atoms with Crippen molar-refractivity contribution in [3.63, 3.8) is 0 Å². The lowest BCUT2D eigenvalue weighted by atomic mass is 10.1. The van der Waals surface area contributed by atoms with Gasteiger partial charge in [0.05, 0.1) is 0 Å². The lowest BCUT2D eigenvalue weighted by Crippen LogP contribution is -2.37. The molecule has 2 atom stereocenters. The number of likely N-dealkylation sites (N-methyl/N-ethyl adjacent to an activating group) is 2. The topological polar surface area (TPSA) is 26.7 Å². The second-order valence-corrected chi connectivity index (χ2v) is 5.48. The smallest absolute Gasteiger partial charge is 0.115 e. The number of benzene rings is 1. The zero-order chi connectivity index (χ0) is 13.1. The van der Waals surface area contributed by atoms with Gasteiger partial charge in [0.2, 0.25) is 0 Å². The zero-order valence-corrected chi connectivity index (χ0v) is 11.6. The molecule has 0 aliphatic carbocycles. The quantitative estimate of drug-likeness (QED) is 0.887. The van der Waals surface area contributed by atoms with Crippen molar-refractivity contribution in [3.05, 3.63) is 29.8 Å². The average molecular weight is 248 g/mol. The summed E-state index contributed by atoms with van der Waals surface area (Å²) in [5.74, 6) is 0.337. The Hall–Kier alpha value is -1.06. The molecule has 0 radical (unpaired) electrons. The summed E-state index contributed by atoms with van der Waals surface area (Å²) < 4.78 is 0. The lowest BCUT2D eigenvalue weighted by molar-refractivity contribution is 0.185. The Bertz CT molecular complexity index is 377. The van der Waals surface area contributed by atoms with Gasteiger partial charge in [-0.05, 0) is 58.1 Å². The molecule has 3 heteroatoms. The van der Waals surface area contributed by atoms with E-state index in [1.54, 1.807) is 12.1 Å². The molecular weight excluding hydrogens is 224 g/mol. The lowest BCUT2D eigenvalue weighted by Gasteiger charge is -2.30. The van der Waals surface area contributed by atoms with Gasteiger partial charge < -0.3 is 10.0 Å². The Balaban J connectivity index is 1.95. The minimum absolute atomic E-state index is 0.337. The highest BCUT2D eigenvalue weighted by Gasteiger charge is 2.24. The van der Waals surface area contributed by atoms with Gasteiger partial charge >= 0.3 is 0 Å². The molecule has 1 aromatic rings. The van der Waals surface area contributed by atoms with Crippen molar-refractivity contribution >= 4 is 0 Å². The second kappa shape index (κ2) is 5.72. The van der Waals surface area contributed by atoms with Gasteiger partial charge in [-0.1, -0.05) is 12.1 Å². The SMILES string of the molecule is CC(c1ccc(O)cc1)N(C)CC1CCCN1C. The summed E-state index contributed by atoms with van der Waals surface area (Å²) in [5, 5.41) is 9.32. The highest BCUT2D eigenvalue weighted by molar-refractivity contribution is 5.27. The largest absolute Gasteiger partial charge is 0.508 e. The van der Waals surface area contributed by atoms with E-state index in [-0.39, 0.29) is 0 Å². The average Bonchev–Trinajstić information content (AvgIpc) is 2.75. The van der Waals surface area contributed by atoms with E-state index in [2.05, 4.69) is 30.8 Å². The molecule has 1 saturated heterocycles. The standard InChI is InChI=1S/C15H24N2O/c1-12(13-6-8-15(18)9-7-13)17(3)11-14-5-4-10-16(14)2/h6-9,12,14,18H,4-5,10-11H2,1-3H3. The summed E-state index contributed by atoms with van der Waals surface area (Å²) in [6.07, 6.45) is 2.63. The van der Waals surface area contributed by atoms with E-state index in [9.17, 15) is 5.11 Å². The summed E-state index contributed by atoms with van der Waals surface area (Å²) in [6, 6.07) is 8.63. The van der Waals surface area contributed by atoms with Gasteiger partial charge in [0.1, 0.15) is 5.75 Å². The monoisotopic (exact) mass is 248 g/mol. The van der Waals surface area contributed by atoms with E-state index in [4.69, 9.17) is 0 Å². The number of hydrogen-bond acceptors (Lipinski definition) is 3. The zero-order valence-electron chi connectivity index (χ0n) is 11.6. The van der Waals surface area contributed by atoms with Crippen molar-refractivity contribution in [2.45, 2.75) is 31.8 Å². The molecule has 2 rings (SSSR count). The molecule has 18 heavy (non-hydrogen) atoms.